The Morgan fingerprint density at radius 3 is 2.75 bits per heavy atom. The molecule has 0 spiro atoms. The molecule has 0 bridgehead atoms. The number of hydrogen-bond donors (Lipinski definition) is 1. The first-order valence-corrected chi connectivity index (χ1v) is 8.29. The number of hydrogen-bond acceptors (Lipinski definition) is 3. The molecule has 2 aromatic rings. The van der Waals surface area contributed by atoms with Crippen LogP contribution in [0.15, 0.2) is 47.4 Å². The second-order valence-corrected chi connectivity index (χ2v) is 5.83. The fraction of sp³-hybridized carbons (Fsp3) is 0.412. The summed E-state index contributed by atoms with van der Waals surface area (Å²) in [6, 6.07) is 15.2. The first kappa shape index (κ1) is 15.4. The summed E-state index contributed by atoms with van der Waals surface area (Å²) in [5, 5.41) is 6.08. The maximum atomic E-state index is 5.31. The fourth-order valence-corrected chi connectivity index (χ4v) is 2.92. The van der Waals surface area contributed by atoms with Crippen LogP contribution in [0, 0.1) is 0 Å². The van der Waals surface area contributed by atoms with Gasteiger partial charge in [-0.25, -0.2) is 0 Å². The second kappa shape index (κ2) is 9.01. The van der Waals surface area contributed by atoms with Gasteiger partial charge in [-0.15, -0.1) is 11.8 Å². The molecular weight excluding hydrogens is 266 g/mol. The largest absolute Gasteiger partial charge is 0.382 e. The summed E-state index contributed by atoms with van der Waals surface area (Å²) < 4.78 is 5.31. The zero-order valence-electron chi connectivity index (χ0n) is 12.1. The van der Waals surface area contributed by atoms with Gasteiger partial charge in [0.1, 0.15) is 0 Å². The van der Waals surface area contributed by atoms with Crippen molar-refractivity contribution in [2.24, 2.45) is 0 Å². The van der Waals surface area contributed by atoms with Gasteiger partial charge in [0.25, 0.3) is 0 Å². The number of fused-ring (bicyclic) bond motifs is 1. The van der Waals surface area contributed by atoms with Crippen molar-refractivity contribution in [3.8, 4) is 0 Å². The Labute approximate surface area is 125 Å². The highest BCUT2D eigenvalue weighted by molar-refractivity contribution is 7.99. The summed E-state index contributed by atoms with van der Waals surface area (Å²) in [6.45, 7) is 5.80. The lowest BCUT2D eigenvalue weighted by Gasteiger charge is -2.06. The third-order valence-corrected chi connectivity index (χ3v) is 4.11. The molecule has 2 aromatic carbocycles. The van der Waals surface area contributed by atoms with Crippen LogP contribution in [0.25, 0.3) is 10.8 Å². The summed E-state index contributed by atoms with van der Waals surface area (Å²) >= 11 is 1.91. The van der Waals surface area contributed by atoms with Gasteiger partial charge in [-0.1, -0.05) is 30.3 Å². The number of rotatable bonds is 9. The molecule has 3 heteroatoms. The van der Waals surface area contributed by atoms with Crippen LogP contribution in [0.1, 0.15) is 13.3 Å². The van der Waals surface area contributed by atoms with Crippen LogP contribution < -0.4 is 5.32 Å². The standard InChI is InChI=1S/C17H23NOS/c1-2-19-12-5-10-18-11-13-20-17-9-8-15-6-3-4-7-16(15)14-17/h3-4,6-9,14,18H,2,5,10-13H2,1H3. The molecule has 0 aliphatic rings. The minimum Gasteiger partial charge on any atom is -0.382 e. The van der Waals surface area contributed by atoms with Crippen molar-refractivity contribution in [2.45, 2.75) is 18.2 Å². The molecule has 0 atom stereocenters. The van der Waals surface area contributed by atoms with Crippen molar-refractivity contribution in [1.82, 2.24) is 5.32 Å². The van der Waals surface area contributed by atoms with Crippen molar-refractivity contribution in [3.05, 3.63) is 42.5 Å². The topological polar surface area (TPSA) is 21.3 Å². The summed E-state index contributed by atoms with van der Waals surface area (Å²) in [6.07, 6.45) is 1.09. The molecule has 2 nitrogen and oxygen atoms in total. The summed E-state index contributed by atoms with van der Waals surface area (Å²) in [5.41, 5.74) is 0. The highest BCUT2D eigenvalue weighted by Crippen LogP contribution is 2.23. The molecule has 0 unspecified atom stereocenters. The van der Waals surface area contributed by atoms with Gasteiger partial charge in [-0.3, -0.25) is 0 Å². The zero-order chi connectivity index (χ0) is 14.0. The number of benzene rings is 2. The van der Waals surface area contributed by atoms with Gasteiger partial charge in [-0.05, 0) is 42.8 Å². The molecule has 0 amide bonds. The third kappa shape index (κ3) is 5.16. The Kier molecular flexibility index (Phi) is 6.92. The van der Waals surface area contributed by atoms with E-state index in [2.05, 4.69) is 47.8 Å². The van der Waals surface area contributed by atoms with Crippen molar-refractivity contribution in [2.75, 3.05) is 32.1 Å². The Bertz CT molecular complexity index is 515. The van der Waals surface area contributed by atoms with E-state index in [0.717, 1.165) is 38.5 Å². The van der Waals surface area contributed by atoms with Crippen LogP contribution in [0.5, 0.6) is 0 Å². The third-order valence-electron chi connectivity index (χ3n) is 3.11. The van der Waals surface area contributed by atoms with Gasteiger partial charge in [0.2, 0.25) is 0 Å². The normalized spacial score (nSPS) is 11.1. The molecular formula is C17H23NOS. The molecule has 0 heterocycles. The molecule has 0 saturated heterocycles. The highest BCUT2D eigenvalue weighted by atomic mass is 32.2. The molecule has 20 heavy (non-hydrogen) atoms. The Morgan fingerprint density at radius 1 is 1.05 bits per heavy atom. The SMILES string of the molecule is CCOCCCNCCSc1ccc2ccccc2c1. The lowest BCUT2D eigenvalue weighted by molar-refractivity contribution is 0.145. The monoisotopic (exact) mass is 289 g/mol. The van der Waals surface area contributed by atoms with E-state index in [-0.39, 0.29) is 0 Å². The second-order valence-electron chi connectivity index (χ2n) is 4.66. The summed E-state index contributed by atoms with van der Waals surface area (Å²) in [7, 11) is 0. The molecule has 0 fully saturated rings. The highest BCUT2D eigenvalue weighted by Gasteiger charge is 1.97. The van der Waals surface area contributed by atoms with Gasteiger partial charge in [0.15, 0.2) is 0 Å². The van der Waals surface area contributed by atoms with Crippen LogP contribution in [-0.2, 0) is 4.74 Å². The van der Waals surface area contributed by atoms with Crippen LogP contribution in [-0.4, -0.2) is 32.1 Å². The van der Waals surface area contributed by atoms with Gasteiger partial charge < -0.3 is 10.1 Å². The first-order chi connectivity index (χ1) is 9.90. The molecule has 0 aromatic heterocycles. The lowest BCUT2D eigenvalue weighted by atomic mass is 10.1. The Morgan fingerprint density at radius 2 is 1.90 bits per heavy atom. The average Bonchev–Trinajstić information content (AvgIpc) is 2.50. The number of thioether (sulfide) groups is 1. The summed E-state index contributed by atoms with van der Waals surface area (Å²) in [5.74, 6) is 1.10. The van der Waals surface area contributed by atoms with E-state index in [4.69, 9.17) is 4.74 Å². The molecule has 0 aliphatic heterocycles. The first-order valence-electron chi connectivity index (χ1n) is 7.30. The molecule has 108 valence electrons. The van der Waals surface area contributed by atoms with Crippen molar-refractivity contribution in [3.63, 3.8) is 0 Å². The number of nitrogens with one attached hydrogen (secondary N) is 1. The van der Waals surface area contributed by atoms with Crippen LogP contribution in [0.3, 0.4) is 0 Å². The van der Waals surface area contributed by atoms with E-state index in [9.17, 15) is 0 Å². The Balaban J connectivity index is 1.65. The van der Waals surface area contributed by atoms with Gasteiger partial charge in [0, 0.05) is 30.4 Å². The van der Waals surface area contributed by atoms with E-state index >= 15 is 0 Å². The van der Waals surface area contributed by atoms with Crippen molar-refractivity contribution < 1.29 is 4.74 Å². The predicted molar refractivity (Wildman–Crippen MR) is 88.7 cm³/mol. The average molecular weight is 289 g/mol. The molecule has 1 N–H and O–H groups in total. The van der Waals surface area contributed by atoms with E-state index in [1.165, 1.54) is 15.7 Å². The van der Waals surface area contributed by atoms with Gasteiger partial charge in [0.05, 0.1) is 0 Å². The van der Waals surface area contributed by atoms with E-state index < -0.39 is 0 Å². The minimum atomic E-state index is 0.817. The molecule has 0 aliphatic carbocycles. The number of ether oxygens (including phenoxy) is 1. The van der Waals surface area contributed by atoms with Crippen molar-refractivity contribution >= 4 is 22.5 Å². The van der Waals surface area contributed by atoms with E-state index in [1.54, 1.807) is 0 Å². The van der Waals surface area contributed by atoms with E-state index in [1.807, 2.05) is 18.7 Å². The maximum absolute atomic E-state index is 5.31. The molecule has 0 radical (unpaired) electrons. The quantitative estimate of drug-likeness (QED) is 0.558. The van der Waals surface area contributed by atoms with E-state index in [0.29, 0.717) is 0 Å². The van der Waals surface area contributed by atoms with Crippen molar-refractivity contribution in [1.29, 1.82) is 0 Å². The maximum Gasteiger partial charge on any atom is 0.0477 e. The predicted octanol–water partition coefficient (Wildman–Crippen LogP) is 3.95. The fourth-order valence-electron chi connectivity index (χ4n) is 2.07. The van der Waals surface area contributed by atoms with Crippen LogP contribution in [0.4, 0.5) is 0 Å². The smallest absolute Gasteiger partial charge is 0.0477 e. The summed E-state index contributed by atoms with van der Waals surface area (Å²) in [4.78, 5) is 1.35. The molecule has 2 rings (SSSR count). The van der Waals surface area contributed by atoms with Crippen LogP contribution >= 0.6 is 11.8 Å². The van der Waals surface area contributed by atoms with Crippen LogP contribution in [0.2, 0.25) is 0 Å². The lowest BCUT2D eigenvalue weighted by Crippen LogP contribution is -2.19. The van der Waals surface area contributed by atoms with Gasteiger partial charge >= 0.3 is 0 Å². The zero-order valence-corrected chi connectivity index (χ0v) is 12.9. The molecule has 0 saturated carbocycles. The van der Waals surface area contributed by atoms with Gasteiger partial charge in [-0.2, -0.15) is 0 Å². The Hall–Kier alpha value is -1.03. The minimum absolute atomic E-state index is 0.817.